The van der Waals surface area contributed by atoms with Crippen LogP contribution in [0.4, 0.5) is 24.5 Å². The molecule has 1 aromatic carbocycles. The Morgan fingerprint density at radius 2 is 2.06 bits per heavy atom. The highest BCUT2D eigenvalue weighted by atomic mass is 32.2. The van der Waals surface area contributed by atoms with Crippen LogP contribution >= 0.6 is 11.8 Å². The number of alkyl halides is 3. The maximum Gasteiger partial charge on any atom is 0.441 e. The molecule has 1 amide bonds. The Kier molecular flexibility index (Phi) is 4.71. The SMILES string of the molecule is NC(=O)c1ccc(N)cc1NCCSC(F)(F)F. The molecule has 1 aromatic rings. The summed E-state index contributed by atoms with van der Waals surface area (Å²) in [6.45, 7) is 0.0495. The van der Waals surface area contributed by atoms with E-state index in [1.54, 1.807) is 0 Å². The fraction of sp³-hybridized carbons (Fsp3) is 0.300. The number of benzene rings is 1. The number of anilines is 2. The minimum absolute atomic E-state index is 0.0495. The van der Waals surface area contributed by atoms with Gasteiger partial charge in [-0.3, -0.25) is 4.79 Å². The van der Waals surface area contributed by atoms with Gasteiger partial charge in [-0.25, -0.2) is 0 Å². The predicted octanol–water partition coefficient (Wildman–Crippen LogP) is 2.03. The second kappa shape index (κ2) is 5.85. The second-order valence-corrected chi connectivity index (χ2v) is 4.55. The quantitative estimate of drug-likeness (QED) is 0.569. The zero-order chi connectivity index (χ0) is 13.8. The van der Waals surface area contributed by atoms with Gasteiger partial charge in [-0.2, -0.15) is 13.2 Å². The molecule has 4 nitrogen and oxygen atoms in total. The summed E-state index contributed by atoms with van der Waals surface area (Å²) >= 11 is -0.139. The molecule has 100 valence electrons. The number of hydrogen-bond acceptors (Lipinski definition) is 4. The van der Waals surface area contributed by atoms with Crippen molar-refractivity contribution in [3.05, 3.63) is 23.8 Å². The number of carbonyl (C=O) groups is 1. The number of nitrogens with one attached hydrogen (secondary N) is 1. The zero-order valence-corrected chi connectivity index (χ0v) is 10.1. The Balaban J connectivity index is 2.61. The molecule has 1 rings (SSSR count). The minimum atomic E-state index is -4.26. The molecule has 0 saturated carbocycles. The second-order valence-electron chi connectivity index (χ2n) is 3.39. The normalized spacial score (nSPS) is 11.3. The molecule has 0 bridgehead atoms. The first-order valence-electron chi connectivity index (χ1n) is 4.93. The maximum absolute atomic E-state index is 11.9. The van der Waals surface area contributed by atoms with E-state index in [4.69, 9.17) is 11.5 Å². The average molecular weight is 279 g/mol. The number of halogens is 3. The van der Waals surface area contributed by atoms with Crippen molar-refractivity contribution in [3.63, 3.8) is 0 Å². The van der Waals surface area contributed by atoms with Gasteiger partial charge in [0.2, 0.25) is 0 Å². The van der Waals surface area contributed by atoms with Crippen LogP contribution in [0.2, 0.25) is 0 Å². The lowest BCUT2D eigenvalue weighted by Crippen LogP contribution is -2.16. The van der Waals surface area contributed by atoms with Gasteiger partial charge in [0.05, 0.1) is 5.56 Å². The molecule has 0 aliphatic carbocycles. The van der Waals surface area contributed by atoms with E-state index >= 15 is 0 Å². The van der Waals surface area contributed by atoms with Gasteiger partial charge in [0, 0.05) is 23.7 Å². The third kappa shape index (κ3) is 4.74. The molecule has 0 radical (unpaired) electrons. The molecule has 18 heavy (non-hydrogen) atoms. The Bertz CT molecular complexity index is 437. The summed E-state index contributed by atoms with van der Waals surface area (Å²) in [5, 5.41) is 2.71. The van der Waals surface area contributed by atoms with Crippen LogP contribution in [-0.4, -0.2) is 23.7 Å². The van der Waals surface area contributed by atoms with Gasteiger partial charge < -0.3 is 16.8 Å². The minimum Gasteiger partial charge on any atom is -0.399 e. The number of thioether (sulfide) groups is 1. The summed E-state index contributed by atoms with van der Waals surface area (Å²) in [5.74, 6) is -0.836. The van der Waals surface area contributed by atoms with Gasteiger partial charge in [-0.05, 0) is 30.0 Å². The summed E-state index contributed by atoms with van der Waals surface area (Å²) in [6, 6.07) is 4.38. The number of nitrogens with two attached hydrogens (primary N) is 2. The van der Waals surface area contributed by atoms with Crippen LogP contribution in [0, 0.1) is 0 Å². The van der Waals surface area contributed by atoms with E-state index in [-0.39, 0.29) is 29.6 Å². The van der Waals surface area contributed by atoms with E-state index in [9.17, 15) is 18.0 Å². The van der Waals surface area contributed by atoms with Crippen molar-refractivity contribution in [2.75, 3.05) is 23.3 Å². The first kappa shape index (κ1) is 14.5. The smallest absolute Gasteiger partial charge is 0.399 e. The number of nitrogen functional groups attached to an aromatic ring is 1. The van der Waals surface area contributed by atoms with Crippen molar-refractivity contribution in [1.82, 2.24) is 0 Å². The lowest BCUT2D eigenvalue weighted by molar-refractivity contribution is -0.0327. The molecule has 0 spiro atoms. The van der Waals surface area contributed by atoms with Crippen molar-refractivity contribution < 1.29 is 18.0 Å². The van der Waals surface area contributed by atoms with E-state index in [1.807, 2.05) is 0 Å². The molecule has 0 aliphatic heterocycles. The summed E-state index contributed by atoms with van der Waals surface area (Å²) in [4.78, 5) is 11.1. The monoisotopic (exact) mass is 279 g/mol. The standard InChI is InChI=1S/C10H12F3N3OS/c11-10(12,13)18-4-3-16-8-5-6(14)1-2-7(8)9(15)17/h1-2,5,16H,3-4,14H2,(H2,15,17). The van der Waals surface area contributed by atoms with Gasteiger partial charge in [0.15, 0.2) is 0 Å². The van der Waals surface area contributed by atoms with E-state index in [0.29, 0.717) is 11.4 Å². The Morgan fingerprint density at radius 1 is 1.39 bits per heavy atom. The Morgan fingerprint density at radius 3 is 2.61 bits per heavy atom. The van der Waals surface area contributed by atoms with Gasteiger partial charge in [-0.15, -0.1) is 0 Å². The molecule has 0 fully saturated rings. The third-order valence-corrected chi connectivity index (χ3v) is 2.73. The molecule has 0 saturated heterocycles. The molecule has 0 aromatic heterocycles. The maximum atomic E-state index is 11.9. The fourth-order valence-electron chi connectivity index (χ4n) is 1.28. The zero-order valence-electron chi connectivity index (χ0n) is 9.25. The van der Waals surface area contributed by atoms with Crippen LogP contribution < -0.4 is 16.8 Å². The number of primary amides is 1. The van der Waals surface area contributed by atoms with E-state index in [2.05, 4.69) is 5.32 Å². The Labute approximate surface area is 106 Å². The first-order chi connectivity index (χ1) is 8.29. The lowest BCUT2D eigenvalue weighted by Gasteiger charge is -2.11. The van der Waals surface area contributed by atoms with Crippen LogP contribution in [-0.2, 0) is 0 Å². The molecule has 8 heteroatoms. The molecule has 0 heterocycles. The first-order valence-corrected chi connectivity index (χ1v) is 5.92. The molecular weight excluding hydrogens is 267 g/mol. The van der Waals surface area contributed by atoms with Gasteiger partial charge >= 0.3 is 5.51 Å². The van der Waals surface area contributed by atoms with E-state index in [1.165, 1.54) is 18.2 Å². The predicted molar refractivity (Wildman–Crippen MR) is 66.4 cm³/mol. The van der Waals surface area contributed by atoms with Gasteiger partial charge in [-0.1, -0.05) is 0 Å². The van der Waals surface area contributed by atoms with Crippen LogP contribution in [0.1, 0.15) is 10.4 Å². The highest BCUT2D eigenvalue weighted by Crippen LogP contribution is 2.29. The Hall–Kier alpha value is -1.57. The van der Waals surface area contributed by atoms with Gasteiger partial charge in [0.1, 0.15) is 0 Å². The van der Waals surface area contributed by atoms with Crippen LogP contribution in [0.25, 0.3) is 0 Å². The summed E-state index contributed by atoms with van der Waals surface area (Å²) in [6.07, 6.45) is 0. The molecule has 5 N–H and O–H groups in total. The molecule has 0 atom stereocenters. The number of hydrogen-bond donors (Lipinski definition) is 3. The largest absolute Gasteiger partial charge is 0.441 e. The molecular formula is C10H12F3N3OS. The van der Waals surface area contributed by atoms with Crippen molar-refractivity contribution >= 4 is 29.0 Å². The third-order valence-electron chi connectivity index (χ3n) is 1.99. The van der Waals surface area contributed by atoms with Crippen molar-refractivity contribution in [2.24, 2.45) is 5.73 Å². The van der Waals surface area contributed by atoms with Crippen LogP contribution in [0.3, 0.4) is 0 Å². The highest BCUT2D eigenvalue weighted by Gasteiger charge is 2.27. The number of rotatable bonds is 5. The number of carbonyl (C=O) groups excluding carboxylic acids is 1. The highest BCUT2D eigenvalue weighted by molar-refractivity contribution is 8.00. The van der Waals surface area contributed by atoms with Gasteiger partial charge in [0.25, 0.3) is 5.91 Å². The van der Waals surface area contributed by atoms with Crippen molar-refractivity contribution in [3.8, 4) is 0 Å². The summed E-state index contributed by atoms with van der Waals surface area (Å²) in [5.41, 5.74) is 7.33. The average Bonchev–Trinajstić information content (AvgIpc) is 2.22. The van der Waals surface area contributed by atoms with Crippen LogP contribution in [0.5, 0.6) is 0 Å². The number of amides is 1. The topological polar surface area (TPSA) is 81.1 Å². The van der Waals surface area contributed by atoms with Crippen molar-refractivity contribution in [2.45, 2.75) is 5.51 Å². The van der Waals surface area contributed by atoms with Crippen molar-refractivity contribution in [1.29, 1.82) is 0 Å². The summed E-state index contributed by atoms with van der Waals surface area (Å²) in [7, 11) is 0. The fourth-order valence-corrected chi connectivity index (χ4v) is 1.71. The molecule has 0 aliphatic rings. The molecule has 0 unspecified atom stereocenters. The van der Waals surface area contributed by atoms with Crippen LogP contribution in [0.15, 0.2) is 18.2 Å². The van der Waals surface area contributed by atoms with E-state index < -0.39 is 11.4 Å². The van der Waals surface area contributed by atoms with E-state index in [0.717, 1.165) is 0 Å². The summed E-state index contributed by atoms with van der Waals surface area (Å²) < 4.78 is 35.7. The lowest BCUT2D eigenvalue weighted by atomic mass is 10.1.